The van der Waals surface area contributed by atoms with Crippen LogP contribution in [0.25, 0.3) is 0 Å². The number of ether oxygens (including phenoxy) is 1. The molecule has 0 spiro atoms. The Morgan fingerprint density at radius 1 is 1.82 bits per heavy atom. The molecule has 0 saturated heterocycles. The molecule has 0 aromatic heterocycles. The molecule has 1 N–H and O–H groups in total. The molecule has 1 heterocycles. The van der Waals surface area contributed by atoms with E-state index in [1.807, 2.05) is 12.3 Å². The van der Waals surface area contributed by atoms with E-state index in [1.54, 1.807) is 11.8 Å². The molecule has 0 bridgehead atoms. The molecule has 1 aliphatic heterocycles. The van der Waals surface area contributed by atoms with Crippen molar-refractivity contribution >= 4 is 11.8 Å². The monoisotopic (exact) mass is 174 g/mol. The maximum Gasteiger partial charge on any atom is 0.121 e. The zero-order valence-electron chi connectivity index (χ0n) is 6.75. The fraction of sp³-hybridized carbons (Fsp3) is 0.750. The van der Waals surface area contributed by atoms with Crippen molar-refractivity contribution in [3.63, 3.8) is 0 Å². The maximum absolute atomic E-state index is 9.47. The van der Waals surface area contributed by atoms with E-state index in [4.69, 9.17) is 4.74 Å². The van der Waals surface area contributed by atoms with Gasteiger partial charge in [0, 0.05) is 6.42 Å². The van der Waals surface area contributed by atoms with Gasteiger partial charge in [-0.3, -0.25) is 0 Å². The lowest BCUT2D eigenvalue weighted by Crippen LogP contribution is -2.11. The highest BCUT2D eigenvalue weighted by Gasteiger charge is 2.14. The third kappa shape index (κ3) is 2.75. The summed E-state index contributed by atoms with van der Waals surface area (Å²) in [4.78, 5) is 0. The molecule has 0 fully saturated rings. The number of hydrogen-bond acceptors (Lipinski definition) is 3. The second-order valence-corrected chi connectivity index (χ2v) is 3.53. The van der Waals surface area contributed by atoms with Gasteiger partial charge in [0.05, 0.1) is 6.61 Å². The molecular formula is C8H14O2S. The largest absolute Gasteiger partial charge is 0.495 e. The molecule has 1 atom stereocenters. The van der Waals surface area contributed by atoms with E-state index in [9.17, 15) is 5.11 Å². The van der Waals surface area contributed by atoms with Gasteiger partial charge in [0.1, 0.15) is 11.9 Å². The van der Waals surface area contributed by atoms with Crippen LogP contribution in [0.4, 0.5) is 0 Å². The lowest BCUT2D eigenvalue weighted by Gasteiger charge is -2.10. The van der Waals surface area contributed by atoms with E-state index >= 15 is 0 Å². The first-order chi connectivity index (χ1) is 5.34. The fourth-order valence-electron chi connectivity index (χ4n) is 1.04. The van der Waals surface area contributed by atoms with Gasteiger partial charge in [0.25, 0.3) is 0 Å². The van der Waals surface area contributed by atoms with E-state index in [1.165, 1.54) is 0 Å². The number of hydrogen-bond donors (Lipinski definition) is 1. The average Bonchev–Trinajstić information content (AvgIpc) is 2.52. The zero-order valence-corrected chi connectivity index (χ0v) is 7.56. The highest BCUT2D eigenvalue weighted by Crippen LogP contribution is 2.16. The third-order valence-corrected chi connectivity index (χ3v) is 2.30. The van der Waals surface area contributed by atoms with E-state index in [2.05, 4.69) is 0 Å². The predicted molar refractivity (Wildman–Crippen MR) is 47.7 cm³/mol. The van der Waals surface area contributed by atoms with Crippen molar-refractivity contribution < 1.29 is 9.84 Å². The van der Waals surface area contributed by atoms with Crippen LogP contribution in [-0.2, 0) is 4.74 Å². The highest BCUT2D eigenvalue weighted by molar-refractivity contribution is 7.98. The van der Waals surface area contributed by atoms with Crippen LogP contribution in [0.5, 0.6) is 0 Å². The third-order valence-electron chi connectivity index (χ3n) is 1.66. The van der Waals surface area contributed by atoms with Crippen molar-refractivity contribution in [1.82, 2.24) is 0 Å². The minimum absolute atomic E-state index is 0.370. The van der Waals surface area contributed by atoms with Gasteiger partial charge in [0.2, 0.25) is 0 Å². The zero-order chi connectivity index (χ0) is 8.10. The summed E-state index contributed by atoms with van der Waals surface area (Å²) in [5, 5.41) is 9.47. The lowest BCUT2D eigenvalue weighted by molar-refractivity contribution is 0.116. The van der Waals surface area contributed by atoms with Crippen molar-refractivity contribution in [3.05, 3.63) is 11.8 Å². The molecule has 1 unspecified atom stereocenters. The lowest BCUT2D eigenvalue weighted by atomic mass is 10.2. The topological polar surface area (TPSA) is 29.5 Å². The molecule has 3 heteroatoms. The molecule has 0 radical (unpaired) electrons. The van der Waals surface area contributed by atoms with Crippen LogP contribution in [0.15, 0.2) is 11.8 Å². The fourth-order valence-corrected chi connectivity index (χ4v) is 1.50. The molecule has 0 amide bonds. The van der Waals surface area contributed by atoms with Gasteiger partial charge in [-0.25, -0.2) is 0 Å². The van der Waals surface area contributed by atoms with Crippen LogP contribution in [0, 0.1) is 0 Å². The Morgan fingerprint density at radius 3 is 3.18 bits per heavy atom. The van der Waals surface area contributed by atoms with Crippen molar-refractivity contribution in [1.29, 1.82) is 0 Å². The van der Waals surface area contributed by atoms with Gasteiger partial charge < -0.3 is 9.84 Å². The molecule has 64 valence electrons. The number of thioether (sulfide) groups is 1. The van der Waals surface area contributed by atoms with Crippen LogP contribution < -0.4 is 0 Å². The Kier molecular flexibility index (Phi) is 3.80. The van der Waals surface area contributed by atoms with Crippen LogP contribution in [0.1, 0.15) is 12.8 Å². The number of rotatable bonds is 4. The summed E-state index contributed by atoms with van der Waals surface area (Å²) in [5.41, 5.74) is 0. The molecule has 1 aliphatic rings. The summed E-state index contributed by atoms with van der Waals surface area (Å²) in [6, 6.07) is 0. The summed E-state index contributed by atoms with van der Waals surface area (Å²) in [7, 11) is 0. The highest BCUT2D eigenvalue weighted by atomic mass is 32.2. The normalized spacial score (nSPS) is 19.3. The van der Waals surface area contributed by atoms with Crippen molar-refractivity contribution in [3.8, 4) is 0 Å². The van der Waals surface area contributed by atoms with E-state index in [-0.39, 0.29) is 6.10 Å². The first-order valence-corrected chi connectivity index (χ1v) is 5.24. The van der Waals surface area contributed by atoms with E-state index in [0.29, 0.717) is 0 Å². The first kappa shape index (κ1) is 8.94. The molecule has 1 rings (SSSR count). The summed E-state index contributed by atoms with van der Waals surface area (Å²) in [5.74, 6) is 1.76. The molecule has 0 aromatic rings. The maximum atomic E-state index is 9.47. The van der Waals surface area contributed by atoms with Crippen molar-refractivity contribution in [2.24, 2.45) is 0 Å². The SMILES string of the molecule is CSCCC(O)C1=CCCO1. The number of aliphatic hydroxyl groups is 1. The average molecular weight is 174 g/mol. The van der Waals surface area contributed by atoms with Crippen LogP contribution in [-0.4, -0.2) is 29.8 Å². The van der Waals surface area contributed by atoms with E-state index in [0.717, 1.165) is 31.0 Å². The second kappa shape index (κ2) is 4.67. The molecule has 0 saturated carbocycles. The quantitative estimate of drug-likeness (QED) is 0.698. The van der Waals surface area contributed by atoms with Gasteiger partial charge in [-0.15, -0.1) is 0 Å². The van der Waals surface area contributed by atoms with Gasteiger partial charge in [-0.2, -0.15) is 11.8 Å². The summed E-state index contributed by atoms with van der Waals surface area (Å²) >= 11 is 1.75. The standard InChI is InChI=1S/C8H14O2S/c1-11-6-4-7(9)8-3-2-5-10-8/h3,7,9H,2,4-6H2,1H3. The Hall–Kier alpha value is -0.150. The minimum atomic E-state index is -0.370. The minimum Gasteiger partial charge on any atom is -0.495 e. The smallest absolute Gasteiger partial charge is 0.121 e. The van der Waals surface area contributed by atoms with Crippen molar-refractivity contribution in [2.75, 3.05) is 18.6 Å². The summed E-state index contributed by atoms with van der Waals surface area (Å²) in [6.07, 6.45) is 5.39. The van der Waals surface area contributed by atoms with Gasteiger partial charge >= 0.3 is 0 Å². The van der Waals surface area contributed by atoms with Crippen LogP contribution in [0.2, 0.25) is 0 Å². The predicted octanol–water partition coefficient (Wildman–Crippen LogP) is 1.40. The molecule has 0 aliphatic carbocycles. The summed E-state index contributed by atoms with van der Waals surface area (Å²) < 4.78 is 5.21. The van der Waals surface area contributed by atoms with Gasteiger partial charge in [0.15, 0.2) is 0 Å². The molecule has 2 nitrogen and oxygen atoms in total. The van der Waals surface area contributed by atoms with Crippen LogP contribution in [0.3, 0.4) is 0 Å². The molecule has 0 aromatic carbocycles. The Morgan fingerprint density at radius 2 is 2.64 bits per heavy atom. The molecule has 11 heavy (non-hydrogen) atoms. The Bertz CT molecular complexity index is 145. The second-order valence-electron chi connectivity index (χ2n) is 2.54. The Balaban J connectivity index is 2.23. The van der Waals surface area contributed by atoms with Crippen LogP contribution >= 0.6 is 11.8 Å². The van der Waals surface area contributed by atoms with Gasteiger partial charge in [-0.05, 0) is 24.5 Å². The van der Waals surface area contributed by atoms with Gasteiger partial charge in [-0.1, -0.05) is 0 Å². The van der Waals surface area contributed by atoms with Crippen molar-refractivity contribution in [2.45, 2.75) is 18.9 Å². The Labute approximate surface area is 71.6 Å². The molecular weight excluding hydrogens is 160 g/mol. The van der Waals surface area contributed by atoms with E-state index < -0.39 is 0 Å². The number of aliphatic hydroxyl groups excluding tert-OH is 1. The summed E-state index contributed by atoms with van der Waals surface area (Å²) in [6.45, 7) is 0.742. The first-order valence-electron chi connectivity index (χ1n) is 3.84.